The lowest BCUT2D eigenvalue weighted by atomic mass is 10.5. The SMILES string of the molecule is CO[Si](COC1OC1C)(OC)OC. The molecule has 1 rings (SSSR count). The van der Waals surface area contributed by atoms with Crippen molar-refractivity contribution in [3.63, 3.8) is 0 Å². The highest BCUT2D eigenvalue weighted by Gasteiger charge is 2.43. The van der Waals surface area contributed by atoms with E-state index in [0.29, 0.717) is 6.23 Å². The minimum atomic E-state index is -2.57. The predicted octanol–water partition coefficient (Wildman–Crippen LogP) is 0.165. The Morgan fingerprint density at radius 3 is 1.92 bits per heavy atom. The van der Waals surface area contributed by atoms with Gasteiger partial charge in [0, 0.05) is 21.3 Å². The fourth-order valence-corrected chi connectivity index (χ4v) is 2.17. The third-order valence-corrected chi connectivity index (χ3v) is 4.40. The van der Waals surface area contributed by atoms with E-state index in [-0.39, 0.29) is 12.4 Å². The summed E-state index contributed by atoms with van der Waals surface area (Å²) in [4.78, 5) is 0. The summed E-state index contributed by atoms with van der Waals surface area (Å²) in [5, 5.41) is 0. The molecule has 0 bridgehead atoms. The van der Waals surface area contributed by atoms with Crippen molar-refractivity contribution in [2.75, 3.05) is 27.6 Å². The van der Waals surface area contributed by atoms with Crippen LogP contribution in [0.4, 0.5) is 0 Å². The molecule has 1 aliphatic heterocycles. The summed E-state index contributed by atoms with van der Waals surface area (Å²) in [6, 6.07) is 0. The molecular weight excluding hydrogens is 192 g/mol. The molecule has 0 aromatic rings. The average molecular weight is 208 g/mol. The molecule has 6 heteroatoms. The Bertz CT molecular complexity index is 153. The normalized spacial score (nSPS) is 27.7. The van der Waals surface area contributed by atoms with Crippen LogP contribution in [0.25, 0.3) is 0 Å². The molecule has 0 aromatic heterocycles. The van der Waals surface area contributed by atoms with Crippen molar-refractivity contribution in [3.8, 4) is 0 Å². The summed E-state index contributed by atoms with van der Waals surface area (Å²) in [5.74, 6) is 0. The van der Waals surface area contributed by atoms with Crippen LogP contribution >= 0.6 is 0 Å². The van der Waals surface area contributed by atoms with Crippen LogP contribution in [0.2, 0.25) is 0 Å². The number of epoxide rings is 1. The largest absolute Gasteiger partial charge is 0.527 e. The van der Waals surface area contributed by atoms with Crippen LogP contribution < -0.4 is 0 Å². The van der Waals surface area contributed by atoms with Gasteiger partial charge in [-0.2, -0.15) is 0 Å². The van der Waals surface area contributed by atoms with Gasteiger partial charge in [-0.3, -0.25) is 0 Å². The van der Waals surface area contributed by atoms with Crippen molar-refractivity contribution >= 4 is 8.80 Å². The van der Waals surface area contributed by atoms with Gasteiger partial charge in [-0.25, -0.2) is 0 Å². The Labute approximate surface area is 79.2 Å². The summed E-state index contributed by atoms with van der Waals surface area (Å²) in [5.41, 5.74) is 0. The second kappa shape index (κ2) is 4.49. The zero-order valence-electron chi connectivity index (χ0n) is 8.40. The van der Waals surface area contributed by atoms with Crippen LogP contribution in [0.1, 0.15) is 6.92 Å². The first kappa shape index (κ1) is 11.1. The van der Waals surface area contributed by atoms with Crippen molar-refractivity contribution in [2.24, 2.45) is 0 Å². The second-order valence-electron chi connectivity index (χ2n) is 2.82. The van der Waals surface area contributed by atoms with E-state index in [2.05, 4.69) is 0 Å². The van der Waals surface area contributed by atoms with Gasteiger partial charge in [0.25, 0.3) is 0 Å². The molecule has 0 radical (unpaired) electrons. The third kappa shape index (κ3) is 2.73. The van der Waals surface area contributed by atoms with Gasteiger partial charge in [0.2, 0.25) is 0 Å². The lowest BCUT2D eigenvalue weighted by Gasteiger charge is -2.23. The van der Waals surface area contributed by atoms with Crippen molar-refractivity contribution in [1.82, 2.24) is 0 Å². The molecule has 0 aliphatic carbocycles. The molecule has 0 spiro atoms. The maximum atomic E-state index is 5.37. The molecule has 0 N–H and O–H groups in total. The minimum absolute atomic E-state index is 0.118. The highest BCUT2D eigenvalue weighted by atomic mass is 28.4. The Balaban J connectivity index is 2.29. The van der Waals surface area contributed by atoms with Crippen LogP contribution in [0.3, 0.4) is 0 Å². The molecule has 5 nitrogen and oxygen atoms in total. The van der Waals surface area contributed by atoms with Gasteiger partial charge in [0.15, 0.2) is 6.29 Å². The van der Waals surface area contributed by atoms with E-state index < -0.39 is 8.80 Å². The van der Waals surface area contributed by atoms with Crippen molar-refractivity contribution < 1.29 is 22.8 Å². The summed E-state index contributed by atoms with van der Waals surface area (Å²) in [6.45, 7) is 1.94. The van der Waals surface area contributed by atoms with Gasteiger partial charge in [-0.15, -0.1) is 0 Å². The van der Waals surface area contributed by atoms with Crippen LogP contribution in [0.5, 0.6) is 0 Å². The van der Waals surface area contributed by atoms with E-state index in [0.717, 1.165) is 0 Å². The van der Waals surface area contributed by atoms with Gasteiger partial charge in [-0.1, -0.05) is 0 Å². The maximum Gasteiger partial charge on any atom is 0.527 e. The molecule has 78 valence electrons. The van der Waals surface area contributed by atoms with Crippen LogP contribution in [0, 0.1) is 0 Å². The number of rotatable bonds is 6. The lowest BCUT2D eigenvalue weighted by Crippen LogP contribution is -2.48. The second-order valence-corrected chi connectivity index (χ2v) is 5.70. The molecule has 13 heavy (non-hydrogen) atoms. The first-order chi connectivity index (χ1) is 6.17. The zero-order valence-corrected chi connectivity index (χ0v) is 9.40. The molecule has 0 amide bonds. The Morgan fingerprint density at radius 2 is 1.62 bits per heavy atom. The fourth-order valence-electron chi connectivity index (χ4n) is 0.952. The van der Waals surface area contributed by atoms with Gasteiger partial charge >= 0.3 is 8.80 Å². The highest BCUT2D eigenvalue weighted by molar-refractivity contribution is 6.60. The average Bonchev–Trinajstić information content (AvgIpc) is 2.86. The topological polar surface area (TPSA) is 49.5 Å². The van der Waals surface area contributed by atoms with Gasteiger partial charge in [0.05, 0.1) is 0 Å². The summed E-state index contributed by atoms with van der Waals surface area (Å²) in [7, 11) is 2.09. The number of hydrogen-bond acceptors (Lipinski definition) is 5. The number of ether oxygens (including phenoxy) is 2. The predicted molar refractivity (Wildman–Crippen MR) is 47.1 cm³/mol. The van der Waals surface area contributed by atoms with Crippen molar-refractivity contribution in [1.29, 1.82) is 0 Å². The molecule has 1 fully saturated rings. The number of hydrogen-bond donors (Lipinski definition) is 0. The van der Waals surface area contributed by atoms with Crippen molar-refractivity contribution in [3.05, 3.63) is 0 Å². The van der Waals surface area contributed by atoms with E-state index >= 15 is 0 Å². The quantitative estimate of drug-likeness (QED) is 0.460. The Morgan fingerprint density at radius 1 is 1.15 bits per heavy atom. The van der Waals surface area contributed by atoms with E-state index in [1.54, 1.807) is 21.3 Å². The summed E-state index contributed by atoms with van der Waals surface area (Å²) >= 11 is 0. The molecule has 0 saturated carbocycles. The van der Waals surface area contributed by atoms with Gasteiger partial charge in [0.1, 0.15) is 12.3 Å². The van der Waals surface area contributed by atoms with Crippen molar-refractivity contribution in [2.45, 2.75) is 19.3 Å². The molecule has 2 atom stereocenters. The molecule has 2 unspecified atom stereocenters. The summed E-state index contributed by atoms with van der Waals surface area (Å²) in [6.07, 6.45) is 0.385. The molecule has 0 aromatic carbocycles. The van der Waals surface area contributed by atoms with E-state index in [1.165, 1.54) is 0 Å². The minimum Gasteiger partial charge on any atom is -0.375 e. The first-order valence-corrected chi connectivity index (χ1v) is 6.03. The standard InChI is InChI=1S/C7H16O5Si/c1-6-7(12-6)11-5-13(8-2,9-3)10-4/h6-7H,5H2,1-4H3. The first-order valence-electron chi connectivity index (χ1n) is 4.10. The van der Waals surface area contributed by atoms with Crippen LogP contribution in [0.15, 0.2) is 0 Å². The van der Waals surface area contributed by atoms with Crippen LogP contribution in [-0.4, -0.2) is 48.8 Å². The maximum absolute atomic E-state index is 5.37. The van der Waals surface area contributed by atoms with E-state index in [1.807, 2.05) is 6.92 Å². The molecule has 1 heterocycles. The fraction of sp³-hybridized carbons (Fsp3) is 1.00. The van der Waals surface area contributed by atoms with Gasteiger partial charge in [-0.05, 0) is 6.92 Å². The van der Waals surface area contributed by atoms with Crippen LogP contribution in [-0.2, 0) is 22.8 Å². The highest BCUT2D eigenvalue weighted by Crippen LogP contribution is 2.23. The Hall–Kier alpha value is 0.0169. The van der Waals surface area contributed by atoms with Gasteiger partial charge < -0.3 is 22.8 Å². The lowest BCUT2D eigenvalue weighted by molar-refractivity contribution is 0.0241. The summed E-state index contributed by atoms with van der Waals surface area (Å²) < 4.78 is 25.9. The molecule has 1 aliphatic rings. The molecule has 1 saturated heterocycles. The van der Waals surface area contributed by atoms with E-state index in [9.17, 15) is 0 Å². The zero-order chi connectivity index (χ0) is 9.90. The molecular formula is C7H16O5Si. The monoisotopic (exact) mass is 208 g/mol. The third-order valence-electron chi connectivity index (χ3n) is 2.01. The van der Waals surface area contributed by atoms with E-state index in [4.69, 9.17) is 22.8 Å². The smallest absolute Gasteiger partial charge is 0.375 e. The Kier molecular flexibility index (Phi) is 3.83.